The molecule has 8 heteroatoms. The highest BCUT2D eigenvalue weighted by Crippen LogP contribution is 2.48. The molecule has 0 aliphatic rings. The molecule has 0 radical (unpaired) electrons. The quantitative estimate of drug-likeness (QED) is 0.604. The highest BCUT2D eigenvalue weighted by molar-refractivity contribution is 7.53. The van der Waals surface area contributed by atoms with E-state index in [-0.39, 0.29) is 39.0 Å². The molecule has 18 heavy (non-hydrogen) atoms. The molecule has 0 aliphatic carbocycles. The smallest absolute Gasteiger partial charge is 0.344 e. The summed E-state index contributed by atoms with van der Waals surface area (Å²) in [7, 11) is -3.32. The summed E-state index contributed by atoms with van der Waals surface area (Å²) in [4.78, 5) is 12.1. The van der Waals surface area contributed by atoms with Crippen LogP contribution in [0.1, 0.15) is 20.3 Å². The van der Waals surface area contributed by atoms with Gasteiger partial charge in [-0.2, -0.15) is 5.26 Å². The van der Waals surface area contributed by atoms with Gasteiger partial charge in [0.25, 0.3) is 0 Å². The summed E-state index contributed by atoms with van der Waals surface area (Å²) in [5, 5.41) is 17.2. The number of rotatable bonds is 10. The summed E-state index contributed by atoms with van der Waals surface area (Å²) in [6, 6.07) is 1.92. The van der Waals surface area contributed by atoms with E-state index in [9.17, 15) is 9.36 Å². The molecule has 0 unspecified atom stereocenters. The van der Waals surface area contributed by atoms with E-state index in [1.807, 2.05) is 6.07 Å². The Hall–Kier alpha value is -0.930. The minimum Gasteiger partial charge on any atom is -0.480 e. The van der Waals surface area contributed by atoms with Gasteiger partial charge < -0.3 is 14.2 Å². The number of aliphatic carboxylic acids is 1. The van der Waals surface area contributed by atoms with Crippen LogP contribution in [0.2, 0.25) is 0 Å². The highest BCUT2D eigenvalue weighted by Gasteiger charge is 2.27. The molecule has 0 saturated heterocycles. The van der Waals surface area contributed by atoms with Gasteiger partial charge in [0.2, 0.25) is 0 Å². The zero-order chi connectivity index (χ0) is 14.0. The summed E-state index contributed by atoms with van der Waals surface area (Å²) in [5.74, 6) is -1.05. The van der Waals surface area contributed by atoms with Crippen molar-refractivity contribution in [3.63, 3.8) is 0 Å². The molecular formula is C10H19N2O5P. The first kappa shape index (κ1) is 17.1. The monoisotopic (exact) mass is 278 g/mol. The Bertz CT molecular complexity index is 332. The summed E-state index contributed by atoms with van der Waals surface area (Å²) in [6.45, 7) is 3.72. The molecular weight excluding hydrogens is 259 g/mol. The van der Waals surface area contributed by atoms with Crippen molar-refractivity contribution >= 4 is 13.6 Å². The van der Waals surface area contributed by atoms with E-state index < -0.39 is 13.6 Å². The van der Waals surface area contributed by atoms with Gasteiger partial charge in [0, 0.05) is 13.0 Å². The SMILES string of the molecule is CCOP(=O)(CN(CCC#N)CC(=O)O)OCC. The largest absolute Gasteiger partial charge is 0.480 e. The Morgan fingerprint density at radius 1 is 1.39 bits per heavy atom. The Morgan fingerprint density at radius 3 is 2.33 bits per heavy atom. The maximum Gasteiger partial charge on any atom is 0.344 e. The van der Waals surface area contributed by atoms with Crippen molar-refractivity contribution in [1.29, 1.82) is 5.26 Å². The molecule has 0 saturated carbocycles. The number of carboxylic acids is 1. The standard InChI is InChI=1S/C10H19N2O5P/c1-3-16-18(15,17-4-2)9-12(7-5-6-11)8-10(13)14/h3-5,7-9H2,1-2H3,(H,13,14). The molecule has 104 valence electrons. The lowest BCUT2D eigenvalue weighted by atomic mass is 10.4. The number of carboxylic acid groups (broad SMARTS) is 1. The molecule has 0 bridgehead atoms. The maximum atomic E-state index is 12.2. The topological polar surface area (TPSA) is 99.9 Å². The van der Waals surface area contributed by atoms with Crippen molar-refractivity contribution < 1.29 is 23.5 Å². The summed E-state index contributed by atoms with van der Waals surface area (Å²) >= 11 is 0. The number of hydrogen-bond donors (Lipinski definition) is 1. The Balaban J connectivity index is 4.63. The van der Waals surface area contributed by atoms with Crippen molar-refractivity contribution in [2.45, 2.75) is 20.3 Å². The highest BCUT2D eigenvalue weighted by atomic mass is 31.2. The number of hydrogen-bond acceptors (Lipinski definition) is 6. The second kappa shape index (κ2) is 9.06. The summed E-state index contributed by atoms with van der Waals surface area (Å²) in [5.41, 5.74) is 0. The van der Waals surface area contributed by atoms with E-state index >= 15 is 0 Å². The van der Waals surface area contributed by atoms with Crippen LogP contribution in [0, 0.1) is 11.3 Å². The van der Waals surface area contributed by atoms with E-state index in [2.05, 4.69) is 0 Å². The maximum absolute atomic E-state index is 12.2. The van der Waals surface area contributed by atoms with Crippen LogP contribution in [-0.2, 0) is 18.4 Å². The van der Waals surface area contributed by atoms with Crippen LogP contribution < -0.4 is 0 Å². The molecule has 0 aromatic carbocycles. The fraction of sp³-hybridized carbons (Fsp3) is 0.800. The zero-order valence-corrected chi connectivity index (χ0v) is 11.6. The van der Waals surface area contributed by atoms with Crippen molar-refractivity contribution in [3.05, 3.63) is 0 Å². The lowest BCUT2D eigenvalue weighted by Gasteiger charge is -2.24. The third-order valence-corrected chi connectivity index (χ3v) is 3.97. The molecule has 0 atom stereocenters. The van der Waals surface area contributed by atoms with Gasteiger partial charge in [-0.3, -0.25) is 14.3 Å². The van der Waals surface area contributed by atoms with Crippen molar-refractivity contribution in [1.82, 2.24) is 4.90 Å². The van der Waals surface area contributed by atoms with E-state index in [0.29, 0.717) is 0 Å². The third-order valence-electron chi connectivity index (χ3n) is 1.92. The van der Waals surface area contributed by atoms with Crippen LogP contribution >= 0.6 is 7.60 Å². The first-order chi connectivity index (χ1) is 8.47. The van der Waals surface area contributed by atoms with E-state index in [4.69, 9.17) is 19.4 Å². The van der Waals surface area contributed by atoms with Crippen LogP contribution in [0.15, 0.2) is 0 Å². The lowest BCUT2D eigenvalue weighted by molar-refractivity contribution is -0.138. The van der Waals surface area contributed by atoms with Gasteiger partial charge in [-0.15, -0.1) is 0 Å². The van der Waals surface area contributed by atoms with Crippen molar-refractivity contribution in [3.8, 4) is 6.07 Å². The molecule has 0 rings (SSSR count). The number of carbonyl (C=O) groups is 1. The number of nitrogens with zero attached hydrogens (tertiary/aromatic N) is 2. The Labute approximate surface area is 107 Å². The van der Waals surface area contributed by atoms with Crippen LogP contribution in [0.4, 0.5) is 0 Å². The fourth-order valence-corrected chi connectivity index (χ4v) is 3.11. The molecule has 0 fully saturated rings. The van der Waals surface area contributed by atoms with Crippen LogP contribution in [-0.4, -0.2) is 48.6 Å². The van der Waals surface area contributed by atoms with Gasteiger partial charge in [-0.05, 0) is 13.8 Å². The minimum absolute atomic E-state index is 0.122. The van der Waals surface area contributed by atoms with Gasteiger partial charge in [0.05, 0.1) is 25.8 Å². The molecule has 0 spiro atoms. The first-order valence-corrected chi connectivity index (χ1v) is 7.39. The molecule has 0 aromatic rings. The van der Waals surface area contributed by atoms with Crippen molar-refractivity contribution in [2.75, 3.05) is 32.6 Å². The summed E-state index contributed by atoms with van der Waals surface area (Å²) < 4.78 is 22.4. The van der Waals surface area contributed by atoms with Crippen LogP contribution in [0.5, 0.6) is 0 Å². The molecule has 7 nitrogen and oxygen atoms in total. The van der Waals surface area contributed by atoms with E-state index in [1.165, 1.54) is 4.90 Å². The Kier molecular flexibility index (Phi) is 8.59. The van der Waals surface area contributed by atoms with Gasteiger partial charge in [0.1, 0.15) is 6.29 Å². The second-order valence-corrected chi connectivity index (χ2v) is 5.46. The molecule has 0 aromatic heterocycles. The van der Waals surface area contributed by atoms with E-state index in [1.54, 1.807) is 13.8 Å². The zero-order valence-electron chi connectivity index (χ0n) is 10.7. The van der Waals surface area contributed by atoms with Gasteiger partial charge in [-0.25, -0.2) is 0 Å². The predicted molar refractivity (Wildman–Crippen MR) is 65.2 cm³/mol. The summed E-state index contributed by atoms with van der Waals surface area (Å²) in [6.07, 6.45) is 0.0359. The number of nitriles is 1. The molecule has 0 amide bonds. The normalized spacial score (nSPS) is 11.4. The molecule has 0 aliphatic heterocycles. The average molecular weight is 278 g/mol. The lowest BCUT2D eigenvalue weighted by Crippen LogP contribution is -2.32. The fourth-order valence-electron chi connectivity index (χ4n) is 1.36. The average Bonchev–Trinajstić information content (AvgIpc) is 2.25. The third kappa shape index (κ3) is 7.41. The second-order valence-electron chi connectivity index (χ2n) is 3.44. The Morgan fingerprint density at radius 2 is 1.94 bits per heavy atom. The van der Waals surface area contributed by atoms with Crippen LogP contribution in [0.25, 0.3) is 0 Å². The van der Waals surface area contributed by atoms with Crippen molar-refractivity contribution in [2.24, 2.45) is 0 Å². The predicted octanol–water partition coefficient (Wildman–Crippen LogP) is 1.51. The van der Waals surface area contributed by atoms with Crippen LogP contribution in [0.3, 0.4) is 0 Å². The molecule has 1 N–H and O–H groups in total. The minimum atomic E-state index is -3.32. The van der Waals surface area contributed by atoms with Gasteiger partial charge in [-0.1, -0.05) is 0 Å². The van der Waals surface area contributed by atoms with Gasteiger partial charge >= 0.3 is 13.6 Å². The van der Waals surface area contributed by atoms with Gasteiger partial charge in [0.15, 0.2) is 0 Å². The molecule has 0 heterocycles. The van der Waals surface area contributed by atoms with E-state index in [0.717, 1.165) is 0 Å². The first-order valence-electron chi connectivity index (χ1n) is 5.66.